The van der Waals surface area contributed by atoms with E-state index in [0.29, 0.717) is 32.7 Å². The Kier molecular flexibility index (Phi) is 5.53. The number of sulfonamides is 1. The van der Waals surface area contributed by atoms with E-state index in [4.69, 9.17) is 0 Å². The number of pyridine rings is 1. The summed E-state index contributed by atoms with van der Waals surface area (Å²) in [6.45, 7) is 4.01. The van der Waals surface area contributed by atoms with Gasteiger partial charge in [0.2, 0.25) is 15.9 Å². The van der Waals surface area contributed by atoms with Crippen LogP contribution in [-0.4, -0.2) is 44.8 Å². The van der Waals surface area contributed by atoms with Gasteiger partial charge in [-0.3, -0.25) is 9.69 Å². The van der Waals surface area contributed by atoms with E-state index in [-0.39, 0.29) is 10.8 Å². The van der Waals surface area contributed by atoms with Crippen LogP contribution in [0.2, 0.25) is 0 Å². The highest BCUT2D eigenvalue weighted by Gasteiger charge is 2.31. The van der Waals surface area contributed by atoms with Crippen molar-refractivity contribution in [3.63, 3.8) is 0 Å². The number of piperazine rings is 1. The Morgan fingerprint density at radius 2 is 1.77 bits per heavy atom. The topological polar surface area (TPSA) is 83.9 Å². The average Bonchev–Trinajstić information content (AvgIpc) is 2.67. The first-order valence-corrected chi connectivity index (χ1v) is 9.96. The molecule has 0 bridgehead atoms. The van der Waals surface area contributed by atoms with E-state index in [9.17, 15) is 13.2 Å². The number of aromatic amines is 1. The van der Waals surface area contributed by atoms with Gasteiger partial charge < -0.3 is 5.32 Å². The van der Waals surface area contributed by atoms with E-state index in [1.54, 1.807) is 24.3 Å². The minimum absolute atomic E-state index is 0.116. The zero-order valence-electron chi connectivity index (χ0n) is 14.7. The Bertz CT molecular complexity index is 846. The van der Waals surface area contributed by atoms with Crippen LogP contribution < -0.4 is 15.2 Å². The minimum atomic E-state index is -3.51. The molecule has 0 aliphatic carbocycles. The van der Waals surface area contributed by atoms with Crippen molar-refractivity contribution in [3.8, 4) is 0 Å². The molecule has 7 nitrogen and oxygen atoms in total. The van der Waals surface area contributed by atoms with E-state index in [0.717, 1.165) is 11.4 Å². The molecule has 0 unspecified atom stereocenters. The molecule has 1 aliphatic heterocycles. The van der Waals surface area contributed by atoms with Crippen LogP contribution >= 0.6 is 0 Å². The van der Waals surface area contributed by atoms with Gasteiger partial charge >= 0.3 is 0 Å². The van der Waals surface area contributed by atoms with Crippen LogP contribution in [0.25, 0.3) is 0 Å². The first-order chi connectivity index (χ1) is 12.5. The van der Waals surface area contributed by atoms with Crippen molar-refractivity contribution in [2.75, 3.05) is 31.1 Å². The second kappa shape index (κ2) is 7.84. The normalized spacial score (nSPS) is 15.7. The van der Waals surface area contributed by atoms with Crippen LogP contribution in [0.4, 0.5) is 5.82 Å². The monoisotopic (exact) mass is 375 g/mol. The van der Waals surface area contributed by atoms with E-state index < -0.39 is 10.0 Å². The largest absolute Gasteiger partial charge is 0.352 e. The van der Waals surface area contributed by atoms with E-state index in [1.165, 1.54) is 11.2 Å². The molecule has 138 valence electrons. The van der Waals surface area contributed by atoms with Gasteiger partial charge in [-0.05, 0) is 23.8 Å². The van der Waals surface area contributed by atoms with Crippen molar-refractivity contribution in [1.82, 2.24) is 9.62 Å². The van der Waals surface area contributed by atoms with Gasteiger partial charge in [0.05, 0.1) is 37.3 Å². The summed E-state index contributed by atoms with van der Waals surface area (Å²) < 4.78 is 27.2. The molecule has 2 N–H and O–H groups in total. The van der Waals surface area contributed by atoms with Crippen molar-refractivity contribution in [2.24, 2.45) is 0 Å². The Morgan fingerprint density at radius 1 is 1.08 bits per heavy atom. The molecule has 1 fully saturated rings. The Balaban J connectivity index is 1.64. The highest BCUT2D eigenvalue weighted by Crippen LogP contribution is 2.19. The van der Waals surface area contributed by atoms with Gasteiger partial charge in [0.15, 0.2) is 0 Å². The Morgan fingerprint density at radius 3 is 2.35 bits per heavy atom. The zero-order valence-corrected chi connectivity index (χ0v) is 15.5. The lowest BCUT2D eigenvalue weighted by atomic mass is 10.2. The van der Waals surface area contributed by atoms with Gasteiger partial charge in [-0.25, -0.2) is 13.4 Å². The summed E-state index contributed by atoms with van der Waals surface area (Å²) in [7, 11) is -3.51. The standard InChI is InChI=1S/C18H22N4O3S/c1-15(23)20-14-16-5-7-17(8-6-16)26(24,25)22-12-10-21(11-13-22)18-4-2-3-9-19-18/h2-9H,10-14H2,1H3,(H,20,23)/p+1. The third-order valence-corrected chi connectivity index (χ3v) is 6.29. The summed E-state index contributed by atoms with van der Waals surface area (Å²) in [4.78, 5) is 16.6. The molecule has 1 aliphatic rings. The number of aromatic nitrogens is 1. The maximum atomic E-state index is 12.8. The lowest BCUT2D eigenvalue weighted by Gasteiger charge is -2.30. The van der Waals surface area contributed by atoms with Gasteiger partial charge in [0, 0.05) is 19.5 Å². The Labute approximate surface area is 153 Å². The van der Waals surface area contributed by atoms with Crippen LogP contribution in [-0.2, 0) is 21.4 Å². The van der Waals surface area contributed by atoms with E-state index >= 15 is 0 Å². The number of benzene rings is 1. The van der Waals surface area contributed by atoms with Crippen molar-refractivity contribution >= 4 is 21.7 Å². The van der Waals surface area contributed by atoms with Crippen molar-refractivity contribution in [2.45, 2.75) is 18.4 Å². The molecule has 26 heavy (non-hydrogen) atoms. The number of H-pyrrole nitrogens is 1. The lowest BCUT2D eigenvalue weighted by molar-refractivity contribution is -0.364. The highest BCUT2D eigenvalue weighted by atomic mass is 32.2. The summed E-state index contributed by atoms with van der Waals surface area (Å²) in [6.07, 6.45) is 1.86. The highest BCUT2D eigenvalue weighted by molar-refractivity contribution is 7.89. The smallest absolute Gasteiger partial charge is 0.274 e. The number of carbonyl (C=O) groups is 1. The van der Waals surface area contributed by atoms with Gasteiger partial charge in [0.25, 0.3) is 5.82 Å². The van der Waals surface area contributed by atoms with Crippen molar-refractivity contribution in [3.05, 3.63) is 54.2 Å². The second-order valence-corrected chi connectivity index (χ2v) is 8.13. The number of hydrogen-bond acceptors (Lipinski definition) is 4. The maximum Gasteiger partial charge on any atom is 0.274 e. The number of anilines is 1. The zero-order chi connectivity index (χ0) is 18.6. The van der Waals surface area contributed by atoms with Gasteiger partial charge in [-0.1, -0.05) is 18.2 Å². The summed E-state index contributed by atoms with van der Waals surface area (Å²) in [5, 5.41) is 2.70. The maximum absolute atomic E-state index is 12.8. The Hall–Kier alpha value is -2.45. The first kappa shape index (κ1) is 18.3. The molecule has 1 saturated heterocycles. The van der Waals surface area contributed by atoms with Crippen LogP contribution in [0.1, 0.15) is 12.5 Å². The van der Waals surface area contributed by atoms with Gasteiger partial charge in [-0.15, -0.1) is 0 Å². The van der Waals surface area contributed by atoms with E-state index in [1.807, 2.05) is 24.4 Å². The van der Waals surface area contributed by atoms with E-state index in [2.05, 4.69) is 15.2 Å². The summed E-state index contributed by atoms with van der Waals surface area (Å²) in [5.41, 5.74) is 0.864. The molecule has 2 heterocycles. The molecule has 0 spiro atoms. The molecule has 3 rings (SSSR count). The van der Waals surface area contributed by atoms with Crippen LogP contribution in [0.5, 0.6) is 0 Å². The predicted molar refractivity (Wildman–Crippen MR) is 97.9 cm³/mol. The van der Waals surface area contributed by atoms with Crippen LogP contribution in [0.15, 0.2) is 53.6 Å². The fourth-order valence-electron chi connectivity index (χ4n) is 2.90. The molecule has 0 saturated carbocycles. The second-order valence-electron chi connectivity index (χ2n) is 6.19. The lowest BCUT2D eigenvalue weighted by Crippen LogP contribution is -2.49. The molecule has 8 heteroatoms. The fourth-order valence-corrected chi connectivity index (χ4v) is 4.33. The van der Waals surface area contributed by atoms with Crippen LogP contribution in [0.3, 0.4) is 0 Å². The third-order valence-electron chi connectivity index (χ3n) is 4.37. The molecular formula is C18H23N4O3S+. The average molecular weight is 375 g/mol. The number of nitrogens with one attached hydrogen (secondary N) is 2. The van der Waals surface area contributed by atoms with Crippen molar-refractivity contribution in [1.29, 1.82) is 0 Å². The number of nitrogens with zero attached hydrogens (tertiary/aromatic N) is 2. The van der Waals surface area contributed by atoms with Gasteiger partial charge in [0.1, 0.15) is 0 Å². The molecule has 2 aromatic rings. The first-order valence-electron chi connectivity index (χ1n) is 8.52. The quantitative estimate of drug-likeness (QED) is 0.832. The fraction of sp³-hybridized carbons (Fsp3) is 0.333. The molecular weight excluding hydrogens is 352 g/mol. The number of amides is 1. The number of hydrogen-bond donors (Lipinski definition) is 1. The number of carbonyl (C=O) groups excluding carboxylic acids is 1. The molecule has 1 aromatic carbocycles. The van der Waals surface area contributed by atoms with Crippen molar-refractivity contribution < 1.29 is 18.2 Å². The summed E-state index contributed by atoms with van der Waals surface area (Å²) >= 11 is 0. The summed E-state index contributed by atoms with van der Waals surface area (Å²) in [5.74, 6) is 0.877. The van der Waals surface area contributed by atoms with Crippen LogP contribution in [0, 0.1) is 0 Å². The van der Waals surface area contributed by atoms with Gasteiger partial charge in [-0.2, -0.15) is 4.31 Å². The number of rotatable bonds is 5. The predicted octanol–water partition coefficient (Wildman–Crippen LogP) is 0.648. The molecule has 1 aromatic heterocycles. The molecule has 0 radical (unpaired) electrons. The molecule has 0 atom stereocenters. The SMILES string of the molecule is CC(=O)NCc1ccc(S(=O)(=O)N2CCN(c3cccc[nH+]3)CC2)cc1. The third kappa shape index (κ3) is 4.20. The summed E-state index contributed by atoms with van der Waals surface area (Å²) in [6, 6.07) is 12.5. The minimum Gasteiger partial charge on any atom is -0.352 e. The molecule has 1 amide bonds.